The molecule has 0 saturated carbocycles. The van der Waals surface area contributed by atoms with Gasteiger partial charge >= 0.3 is 0 Å². The lowest BCUT2D eigenvalue weighted by Crippen LogP contribution is -1.81. The SMILES string of the molecule is CCc1ccc(-c2nsc(N)n2)s1. The molecule has 2 N–H and O–H groups in total. The molecular formula is C8H9N3S2. The zero-order chi connectivity index (χ0) is 9.26. The summed E-state index contributed by atoms with van der Waals surface area (Å²) in [5, 5.41) is 0.529. The average molecular weight is 211 g/mol. The number of thiophene rings is 1. The van der Waals surface area contributed by atoms with Gasteiger partial charge in [-0.2, -0.15) is 9.36 Å². The van der Waals surface area contributed by atoms with E-state index in [0.717, 1.165) is 17.1 Å². The van der Waals surface area contributed by atoms with Crippen LogP contribution in [-0.4, -0.2) is 9.36 Å². The van der Waals surface area contributed by atoms with Crippen LogP contribution in [0.5, 0.6) is 0 Å². The highest BCUT2D eigenvalue weighted by molar-refractivity contribution is 7.15. The summed E-state index contributed by atoms with van der Waals surface area (Å²) in [5.41, 5.74) is 5.50. The van der Waals surface area contributed by atoms with E-state index in [1.54, 1.807) is 11.3 Å². The number of hydrogen-bond acceptors (Lipinski definition) is 5. The Labute approximate surface area is 84.4 Å². The average Bonchev–Trinajstić information content (AvgIpc) is 2.71. The zero-order valence-corrected chi connectivity index (χ0v) is 8.78. The molecule has 0 aliphatic carbocycles. The number of hydrogen-bond donors (Lipinski definition) is 1. The van der Waals surface area contributed by atoms with Gasteiger partial charge in [0, 0.05) is 16.4 Å². The minimum absolute atomic E-state index is 0.529. The number of aromatic nitrogens is 2. The predicted octanol–water partition coefficient (Wildman–Crippen LogP) is 2.41. The van der Waals surface area contributed by atoms with Crippen LogP contribution in [0.4, 0.5) is 5.13 Å². The molecule has 0 spiro atoms. The van der Waals surface area contributed by atoms with Crippen LogP contribution < -0.4 is 5.73 Å². The van der Waals surface area contributed by atoms with Gasteiger partial charge in [-0.1, -0.05) is 6.92 Å². The Kier molecular flexibility index (Phi) is 2.28. The number of aryl methyl sites for hydroxylation is 1. The molecule has 0 unspecified atom stereocenters. The minimum Gasteiger partial charge on any atom is -0.374 e. The Morgan fingerprint density at radius 2 is 2.31 bits per heavy atom. The van der Waals surface area contributed by atoms with Gasteiger partial charge in [-0.15, -0.1) is 11.3 Å². The number of rotatable bonds is 2. The van der Waals surface area contributed by atoms with Gasteiger partial charge in [0.2, 0.25) is 0 Å². The maximum Gasteiger partial charge on any atom is 0.200 e. The summed E-state index contributed by atoms with van der Waals surface area (Å²) in [6.07, 6.45) is 1.06. The van der Waals surface area contributed by atoms with Crippen LogP contribution in [0.1, 0.15) is 11.8 Å². The third-order valence-corrected chi connectivity index (χ3v) is 3.44. The zero-order valence-electron chi connectivity index (χ0n) is 7.15. The molecule has 0 saturated heterocycles. The third-order valence-electron chi connectivity index (χ3n) is 1.67. The number of anilines is 1. The predicted molar refractivity (Wildman–Crippen MR) is 57.0 cm³/mol. The smallest absolute Gasteiger partial charge is 0.200 e. The molecule has 2 aromatic rings. The van der Waals surface area contributed by atoms with Crippen molar-refractivity contribution in [1.82, 2.24) is 9.36 Å². The first-order valence-corrected chi connectivity index (χ1v) is 5.57. The third kappa shape index (κ3) is 1.71. The van der Waals surface area contributed by atoms with Crippen LogP contribution in [0.3, 0.4) is 0 Å². The molecular weight excluding hydrogens is 202 g/mol. The van der Waals surface area contributed by atoms with E-state index in [4.69, 9.17) is 5.73 Å². The largest absolute Gasteiger partial charge is 0.374 e. The van der Waals surface area contributed by atoms with Gasteiger partial charge in [-0.3, -0.25) is 0 Å². The Morgan fingerprint density at radius 1 is 1.46 bits per heavy atom. The van der Waals surface area contributed by atoms with E-state index < -0.39 is 0 Å². The number of nitrogens with two attached hydrogens (primary N) is 1. The fourth-order valence-corrected chi connectivity index (χ4v) is 2.41. The van der Waals surface area contributed by atoms with E-state index in [-0.39, 0.29) is 0 Å². The molecule has 2 aromatic heterocycles. The molecule has 68 valence electrons. The second kappa shape index (κ2) is 3.43. The van der Waals surface area contributed by atoms with Crippen LogP contribution >= 0.6 is 22.9 Å². The highest BCUT2D eigenvalue weighted by atomic mass is 32.1. The Bertz CT molecular complexity index is 405. The minimum atomic E-state index is 0.529. The van der Waals surface area contributed by atoms with Crippen molar-refractivity contribution in [3.8, 4) is 10.7 Å². The Morgan fingerprint density at radius 3 is 2.85 bits per heavy atom. The Hall–Kier alpha value is -0.940. The lowest BCUT2D eigenvalue weighted by molar-refractivity contribution is 1.19. The standard InChI is InChI=1S/C8H9N3S2/c1-2-5-3-4-6(12-5)7-10-8(9)13-11-7/h3-4H,2H2,1H3,(H2,9,10,11). The van der Waals surface area contributed by atoms with E-state index in [9.17, 15) is 0 Å². The monoisotopic (exact) mass is 211 g/mol. The summed E-state index contributed by atoms with van der Waals surface area (Å²) in [6, 6.07) is 4.15. The quantitative estimate of drug-likeness (QED) is 0.830. The molecule has 0 aromatic carbocycles. The number of nitrogen functional groups attached to an aromatic ring is 1. The van der Waals surface area contributed by atoms with Crippen molar-refractivity contribution in [2.75, 3.05) is 5.73 Å². The topological polar surface area (TPSA) is 51.8 Å². The molecule has 13 heavy (non-hydrogen) atoms. The summed E-state index contributed by atoms with van der Waals surface area (Å²) in [7, 11) is 0. The van der Waals surface area contributed by atoms with E-state index in [2.05, 4.69) is 22.3 Å². The molecule has 0 aliphatic heterocycles. The number of nitrogens with zero attached hydrogens (tertiary/aromatic N) is 2. The van der Waals surface area contributed by atoms with Crippen LogP contribution in [0.15, 0.2) is 12.1 Å². The van der Waals surface area contributed by atoms with Gasteiger partial charge in [0.1, 0.15) is 0 Å². The van der Waals surface area contributed by atoms with Crippen molar-refractivity contribution in [2.24, 2.45) is 0 Å². The van der Waals surface area contributed by atoms with Crippen molar-refractivity contribution in [3.63, 3.8) is 0 Å². The first-order chi connectivity index (χ1) is 6.29. The maximum absolute atomic E-state index is 5.50. The Balaban J connectivity index is 2.35. The normalized spacial score (nSPS) is 10.5. The second-order valence-corrected chi connectivity index (χ2v) is 4.53. The van der Waals surface area contributed by atoms with Crippen molar-refractivity contribution in [3.05, 3.63) is 17.0 Å². The maximum atomic E-state index is 5.50. The first-order valence-electron chi connectivity index (χ1n) is 3.98. The van der Waals surface area contributed by atoms with Crippen molar-refractivity contribution in [1.29, 1.82) is 0 Å². The summed E-state index contributed by atoms with van der Waals surface area (Å²) in [5.74, 6) is 0.757. The van der Waals surface area contributed by atoms with Crippen LogP contribution in [0.25, 0.3) is 10.7 Å². The van der Waals surface area contributed by atoms with E-state index >= 15 is 0 Å². The van der Waals surface area contributed by atoms with Gasteiger partial charge in [0.05, 0.1) is 4.88 Å². The molecule has 0 bridgehead atoms. The lowest BCUT2D eigenvalue weighted by Gasteiger charge is -1.85. The molecule has 0 fully saturated rings. The molecule has 5 heteroatoms. The lowest BCUT2D eigenvalue weighted by atomic mass is 10.3. The van der Waals surface area contributed by atoms with Gasteiger partial charge in [-0.25, -0.2) is 0 Å². The molecule has 0 aliphatic rings. The van der Waals surface area contributed by atoms with Gasteiger partial charge < -0.3 is 5.73 Å². The van der Waals surface area contributed by atoms with Crippen molar-refractivity contribution >= 4 is 28.0 Å². The summed E-state index contributed by atoms with van der Waals surface area (Å²) in [6.45, 7) is 2.14. The van der Waals surface area contributed by atoms with E-state index in [1.807, 2.05) is 6.07 Å². The van der Waals surface area contributed by atoms with E-state index in [0.29, 0.717) is 5.13 Å². The highest BCUT2D eigenvalue weighted by Gasteiger charge is 2.06. The van der Waals surface area contributed by atoms with Crippen LogP contribution in [0.2, 0.25) is 0 Å². The van der Waals surface area contributed by atoms with Gasteiger partial charge in [0.15, 0.2) is 11.0 Å². The summed E-state index contributed by atoms with van der Waals surface area (Å²) < 4.78 is 4.15. The molecule has 3 nitrogen and oxygen atoms in total. The molecule has 2 heterocycles. The summed E-state index contributed by atoms with van der Waals surface area (Å²) >= 11 is 2.96. The van der Waals surface area contributed by atoms with Crippen molar-refractivity contribution in [2.45, 2.75) is 13.3 Å². The fourth-order valence-electron chi connectivity index (χ4n) is 1.02. The molecule has 0 radical (unpaired) electrons. The van der Waals surface area contributed by atoms with Gasteiger partial charge in [-0.05, 0) is 18.6 Å². The van der Waals surface area contributed by atoms with E-state index in [1.165, 1.54) is 16.4 Å². The second-order valence-electron chi connectivity index (χ2n) is 2.58. The van der Waals surface area contributed by atoms with Crippen LogP contribution in [-0.2, 0) is 6.42 Å². The summed E-state index contributed by atoms with van der Waals surface area (Å²) in [4.78, 5) is 6.58. The first kappa shape index (κ1) is 8.65. The fraction of sp³-hybridized carbons (Fsp3) is 0.250. The molecule has 0 amide bonds. The van der Waals surface area contributed by atoms with Gasteiger partial charge in [0.25, 0.3) is 0 Å². The van der Waals surface area contributed by atoms with Crippen molar-refractivity contribution < 1.29 is 0 Å². The molecule has 0 atom stereocenters. The van der Waals surface area contributed by atoms with Crippen LogP contribution in [0, 0.1) is 0 Å². The molecule has 2 rings (SSSR count). The highest BCUT2D eigenvalue weighted by Crippen LogP contribution is 2.27.